The summed E-state index contributed by atoms with van der Waals surface area (Å²) in [5.41, 5.74) is 3.30. The van der Waals surface area contributed by atoms with E-state index in [2.05, 4.69) is 27.7 Å². The van der Waals surface area contributed by atoms with Crippen LogP contribution in [0.15, 0.2) is 11.1 Å². The van der Waals surface area contributed by atoms with Gasteiger partial charge in [0.1, 0.15) is 0 Å². The molecule has 0 saturated heterocycles. The summed E-state index contributed by atoms with van der Waals surface area (Å²) in [6, 6.07) is 0. The second kappa shape index (κ2) is 6.45. The highest BCUT2D eigenvalue weighted by molar-refractivity contribution is 5.10. The lowest BCUT2D eigenvalue weighted by Crippen LogP contribution is -1.86. The maximum Gasteiger partial charge on any atom is -0.0320 e. The van der Waals surface area contributed by atoms with Crippen LogP contribution in [0.1, 0.15) is 59.8 Å². The Kier molecular flexibility index (Phi) is 6.30. The monoisotopic (exact) mass is 154 g/mol. The number of hydrogen-bond donors (Lipinski definition) is 0. The highest BCUT2D eigenvalue weighted by Crippen LogP contribution is 2.17. The smallest absolute Gasteiger partial charge is 0.0320 e. The summed E-state index contributed by atoms with van der Waals surface area (Å²) < 4.78 is 0. The van der Waals surface area contributed by atoms with Gasteiger partial charge in [-0.25, -0.2) is 0 Å². The van der Waals surface area contributed by atoms with E-state index in [1.54, 1.807) is 11.1 Å². The molecule has 0 unspecified atom stereocenters. The van der Waals surface area contributed by atoms with Crippen LogP contribution in [0.2, 0.25) is 0 Å². The van der Waals surface area contributed by atoms with Gasteiger partial charge in [-0.2, -0.15) is 0 Å². The van der Waals surface area contributed by atoms with Crippen LogP contribution in [0.5, 0.6) is 0 Å². The Balaban J connectivity index is 3.89. The van der Waals surface area contributed by atoms with Gasteiger partial charge in [-0.05, 0) is 32.6 Å². The summed E-state index contributed by atoms with van der Waals surface area (Å²) >= 11 is 0. The van der Waals surface area contributed by atoms with Crippen molar-refractivity contribution in [3.05, 3.63) is 11.1 Å². The van der Waals surface area contributed by atoms with Crippen LogP contribution in [0, 0.1) is 0 Å². The van der Waals surface area contributed by atoms with Crippen LogP contribution in [0.3, 0.4) is 0 Å². The van der Waals surface area contributed by atoms with Crippen molar-refractivity contribution in [1.29, 1.82) is 0 Å². The second-order valence-electron chi connectivity index (χ2n) is 3.19. The van der Waals surface area contributed by atoms with Gasteiger partial charge in [0, 0.05) is 0 Å². The largest absolute Gasteiger partial charge is 0.0741 e. The average Bonchev–Trinajstić information content (AvgIpc) is 2.03. The third kappa shape index (κ3) is 4.23. The Hall–Kier alpha value is -0.260. The fourth-order valence-corrected chi connectivity index (χ4v) is 1.47. The molecule has 0 rings (SSSR count). The molecule has 0 N–H and O–H groups in total. The number of unbranched alkanes of at least 4 members (excludes halogenated alkanes) is 1. The third-order valence-corrected chi connectivity index (χ3v) is 2.36. The minimum absolute atomic E-state index is 1.24. The van der Waals surface area contributed by atoms with Crippen LogP contribution < -0.4 is 0 Å². The Bertz CT molecular complexity index is 114. The van der Waals surface area contributed by atoms with E-state index in [1.807, 2.05) is 0 Å². The molecule has 0 fully saturated rings. The summed E-state index contributed by atoms with van der Waals surface area (Å²) in [6.45, 7) is 9.06. The van der Waals surface area contributed by atoms with Crippen molar-refractivity contribution < 1.29 is 0 Å². The van der Waals surface area contributed by atoms with Crippen molar-refractivity contribution in [1.82, 2.24) is 0 Å². The van der Waals surface area contributed by atoms with Crippen molar-refractivity contribution in [2.24, 2.45) is 0 Å². The zero-order valence-corrected chi connectivity index (χ0v) is 8.54. The molecule has 0 heterocycles. The van der Waals surface area contributed by atoms with Gasteiger partial charge >= 0.3 is 0 Å². The molecule has 0 aliphatic heterocycles. The number of allylic oxidation sites excluding steroid dienone is 2. The van der Waals surface area contributed by atoms with Gasteiger partial charge in [0.2, 0.25) is 0 Å². The molecule has 0 radical (unpaired) electrons. The van der Waals surface area contributed by atoms with E-state index in [0.29, 0.717) is 0 Å². The molecule has 0 spiro atoms. The van der Waals surface area contributed by atoms with Crippen LogP contribution >= 0.6 is 0 Å². The summed E-state index contributed by atoms with van der Waals surface area (Å²) in [6.07, 6.45) is 6.47. The summed E-state index contributed by atoms with van der Waals surface area (Å²) in [4.78, 5) is 0. The Morgan fingerprint density at radius 2 is 1.55 bits per heavy atom. The van der Waals surface area contributed by atoms with Crippen LogP contribution in [0.25, 0.3) is 0 Å². The zero-order chi connectivity index (χ0) is 8.69. The fourth-order valence-electron chi connectivity index (χ4n) is 1.47. The van der Waals surface area contributed by atoms with E-state index < -0.39 is 0 Å². The summed E-state index contributed by atoms with van der Waals surface area (Å²) in [5, 5.41) is 0. The molecule has 0 nitrogen and oxygen atoms in total. The van der Waals surface area contributed by atoms with Gasteiger partial charge in [0.25, 0.3) is 0 Å². The quantitative estimate of drug-likeness (QED) is 0.517. The van der Waals surface area contributed by atoms with Gasteiger partial charge in [0.05, 0.1) is 0 Å². The molecule has 0 amide bonds. The Labute approximate surface area is 71.7 Å². The predicted molar refractivity (Wildman–Crippen MR) is 52.8 cm³/mol. The second-order valence-corrected chi connectivity index (χ2v) is 3.19. The minimum atomic E-state index is 1.24. The maximum absolute atomic E-state index is 2.29. The van der Waals surface area contributed by atoms with E-state index in [-0.39, 0.29) is 0 Å². The molecule has 0 aliphatic rings. The lowest BCUT2D eigenvalue weighted by atomic mass is 10.0. The van der Waals surface area contributed by atoms with E-state index >= 15 is 0 Å². The lowest BCUT2D eigenvalue weighted by molar-refractivity contribution is 0.767. The van der Waals surface area contributed by atoms with E-state index in [0.717, 1.165) is 0 Å². The van der Waals surface area contributed by atoms with Gasteiger partial charge in [0.15, 0.2) is 0 Å². The van der Waals surface area contributed by atoms with Crippen LogP contribution in [0.4, 0.5) is 0 Å². The first-order valence-corrected chi connectivity index (χ1v) is 4.93. The molecule has 11 heavy (non-hydrogen) atoms. The van der Waals surface area contributed by atoms with Gasteiger partial charge in [-0.3, -0.25) is 0 Å². The molecule has 0 heteroatoms. The summed E-state index contributed by atoms with van der Waals surface area (Å²) in [5.74, 6) is 0. The van der Waals surface area contributed by atoms with Crippen molar-refractivity contribution in [3.8, 4) is 0 Å². The van der Waals surface area contributed by atoms with Crippen molar-refractivity contribution in [2.45, 2.75) is 59.8 Å². The Morgan fingerprint density at radius 1 is 1.00 bits per heavy atom. The molecule has 0 aromatic heterocycles. The average molecular weight is 154 g/mol. The van der Waals surface area contributed by atoms with Crippen LogP contribution in [-0.2, 0) is 0 Å². The molecule has 0 aromatic rings. The molecule has 0 saturated carbocycles. The highest BCUT2D eigenvalue weighted by atomic mass is 14.0. The first kappa shape index (κ1) is 10.7. The predicted octanol–water partition coefficient (Wildman–Crippen LogP) is 4.31. The normalized spacial score (nSPS) is 9.82. The molecular formula is C11H22. The van der Waals surface area contributed by atoms with Crippen molar-refractivity contribution in [2.75, 3.05) is 0 Å². The van der Waals surface area contributed by atoms with Gasteiger partial charge in [-0.1, -0.05) is 38.3 Å². The molecule has 66 valence electrons. The third-order valence-electron chi connectivity index (χ3n) is 2.36. The topological polar surface area (TPSA) is 0 Å². The number of hydrogen-bond acceptors (Lipinski definition) is 0. The minimum Gasteiger partial charge on any atom is -0.0741 e. The standard InChI is InChI=1S/C11H22/c1-5-8-9-10(4)11(6-2)7-3/h5-9H2,1-4H3. The first-order valence-electron chi connectivity index (χ1n) is 4.93. The Morgan fingerprint density at radius 3 is 1.91 bits per heavy atom. The molecular weight excluding hydrogens is 132 g/mol. The SMILES string of the molecule is CCCCC(C)=C(CC)CC. The number of rotatable bonds is 5. The van der Waals surface area contributed by atoms with E-state index in [1.165, 1.54) is 32.1 Å². The zero-order valence-electron chi connectivity index (χ0n) is 8.54. The molecule has 0 aromatic carbocycles. The highest BCUT2D eigenvalue weighted by Gasteiger charge is 1.96. The summed E-state index contributed by atoms with van der Waals surface area (Å²) in [7, 11) is 0. The lowest BCUT2D eigenvalue weighted by Gasteiger charge is -2.06. The van der Waals surface area contributed by atoms with Crippen LogP contribution in [-0.4, -0.2) is 0 Å². The van der Waals surface area contributed by atoms with E-state index in [4.69, 9.17) is 0 Å². The maximum atomic E-state index is 2.29. The molecule has 0 bridgehead atoms. The molecule has 0 aliphatic carbocycles. The molecule has 0 atom stereocenters. The fraction of sp³-hybridized carbons (Fsp3) is 0.818. The van der Waals surface area contributed by atoms with Crippen molar-refractivity contribution in [3.63, 3.8) is 0 Å². The first-order chi connectivity index (χ1) is 5.26. The van der Waals surface area contributed by atoms with Gasteiger partial charge < -0.3 is 0 Å². The van der Waals surface area contributed by atoms with Crippen molar-refractivity contribution >= 4 is 0 Å². The van der Waals surface area contributed by atoms with E-state index in [9.17, 15) is 0 Å². The van der Waals surface area contributed by atoms with Gasteiger partial charge in [-0.15, -0.1) is 0 Å².